The lowest BCUT2D eigenvalue weighted by Gasteiger charge is -2.28. The van der Waals surface area contributed by atoms with Crippen LogP contribution in [0.25, 0.3) is 11.6 Å². The van der Waals surface area contributed by atoms with Crippen molar-refractivity contribution >= 4 is 58.1 Å². The second-order valence-electron chi connectivity index (χ2n) is 6.35. The number of hydrogen-bond donors (Lipinski definition) is 1. The van der Waals surface area contributed by atoms with Gasteiger partial charge in [0.25, 0.3) is 0 Å². The number of fused-ring (bicyclic) bond motifs is 3. The maximum absolute atomic E-state index is 6.45. The van der Waals surface area contributed by atoms with Crippen molar-refractivity contribution in [3.63, 3.8) is 0 Å². The van der Waals surface area contributed by atoms with Gasteiger partial charge in [-0.2, -0.15) is 4.98 Å². The number of aliphatic imine (C=N–C) groups is 1. The molecule has 0 unspecified atom stereocenters. The third-order valence-electron chi connectivity index (χ3n) is 4.60. The number of benzene rings is 1. The van der Waals surface area contributed by atoms with E-state index in [1.54, 1.807) is 18.6 Å². The van der Waals surface area contributed by atoms with Crippen LogP contribution in [-0.2, 0) is 0 Å². The van der Waals surface area contributed by atoms with Crippen LogP contribution in [0.3, 0.4) is 0 Å². The van der Waals surface area contributed by atoms with Crippen molar-refractivity contribution < 1.29 is 0 Å². The summed E-state index contributed by atoms with van der Waals surface area (Å²) in [6, 6.07) is 9.22. The zero-order chi connectivity index (χ0) is 19.1. The quantitative estimate of drug-likeness (QED) is 0.680. The lowest BCUT2D eigenvalue weighted by molar-refractivity contribution is 0.987. The largest absolute Gasteiger partial charge is 0.324 e. The van der Waals surface area contributed by atoms with Crippen LogP contribution in [0.5, 0.6) is 0 Å². The van der Waals surface area contributed by atoms with Crippen molar-refractivity contribution in [3.05, 3.63) is 70.1 Å². The molecule has 1 aromatic carbocycles. The molecule has 0 atom stereocenters. The number of anilines is 3. The van der Waals surface area contributed by atoms with Gasteiger partial charge in [-0.15, -0.1) is 0 Å². The summed E-state index contributed by atoms with van der Waals surface area (Å²) >= 11 is 12.9. The first-order valence-electron chi connectivity index (χ1n) is 8.73. The maximum atomic E-state index is 6.45. The molecular formula is C20H14Cl2N6. The average Bonchev–Trinajstić information content (AvgIpc) is 3.19. The van der Waals surface area contributed by atoms with Gasteiger partial charge in [-0.1, -0.05) is 29.3 Å². The predicted molar refractivity (Wildman–Crippen MR) is 114 cm³/mol. The second kappa shape index (κ2) is 6.89. The average molecular weight is 409 g/mol. The second-order valence-corrected chi connectivity index (χ2v) is 7.16. The first-order chi connectivity index (χ1) is 13.7. The standard InChI is InChI=1S/C20H14Cl2N6/c21-15-2-1-3-16(22)17(15)14-10-12-11-25-20(26-13-4-6-23-7-5-13)27-18(12)28-9-8-24-19(14)28/h1-7,10-11H,8-9H2,(H,23,25,26,27). The highest BCUT2D eigenvalue weighted by Crippen LogP contribution is 2.40. The van der Waals surface area contributed by atoms with Gasteiger partial charge >= 0.3 is 0 Å². The van der Waals surface area contributed by atoms with Crippen LogP contribution in [0.4, 0.5) is 17.5 Å². The number of hydrogen-bond acceptors (Lipinski definition) is 6. The Bertz CT molecular complexity index is 1110. The number of halogens is 2. The van der Waals surface area contributed by atoms with E-state index in [-0.39, 0.29) is 0 Å². The zero-order valence-corrected chi connectivity index (χ0v) is 16.1. The van der Waals surface area contributed by atoms with Crippen LogP contribution in [0.1, 0.15) is 11.1 Å². The van der Waals surface area contributed by atoms with Crippen molar-refractivity contribution in [2.45, 2.75) is 0 Å². The summed E-state index contributed by atoms with van der Waals surface area (Å²) in [5.74, 6) is 2.16. The van der Waals surface area contributed by atoms with Crippen molar-refractivity contribution in [2.75, 3.05) is 23.3 Å². The molecule has 28 heavy (non-hydrogen) atoms. The van der Waals surface area contributed by atoms with Gasteiger partial charge in [0, 0.05) is 47.5 Å². The Morgan fingerprint density at radius 2 is 1.82 bits per heavy atom. The van der Waals surface area contributed by atoms with Crippen LogP contribution >= 0.6 is 23.2 Å². The molecule has 2 aliphatic heterocycles. The number of nitrogens with one attached hydrogen (secondary N) is 1. The highest BCUT2D eigenvalue weighted by molar-refractivity contribution is 6.44. The molecule has 3 aromatic rings. The molecule has 0 aliphatic carbocycles. The van der Waals surface area contributed by atoms with Gasteiger partial charge in [-0.05, 0) is 30.3 Å². The molecule has 2 aliphatic rings. The molecule has 1 N–H and O–H groups in total. The summed E-state index contributed by atoms with van der Waals surface area (Å²) in [4.78, 5) is 20.0. The lowest BCUT2D eigenvalue weighted by Crippen LogP contribution is -2.32. The monoisotopic (exact) mass is 408 g/mol. The Kier molecular flexibility index (Phi) is 4.22. The molecule has 6 nitrogen and oxygen atoms in total. The van der Waals surface area contributed by atoms with Crippen molar-refractivity contribution in [2.24, 2.45) is 4.99 Å². The minimum absolute atomic E-state index is 0.517. The smallest absolute Gasteiger partial charge is 0.229 e. The Balaban J connectivity index is 1.60. The van der Waals surface area contributed by atoms with Crippen LogP contribution < -0.4 is 10.2 Å². The first-order valence-corrected chi connectivity index (χ1v) is 9.49. The summed E-state index contributed by atoms with van der Waals surface area (Å²) < 4.78 is 0. The van der Waals surface area contributed by atoms with E-state index in [1.807, 2.05) is 36.4 Å². The Morgan fingerprint density at radius 3 is 2.61 bits per heavy atom. The van der Waals surface area contributed by atoms with E-state index < -0.39 is 0 Å². The number of pyridine rings is 1. The molecule has 0 radical (unpaired) electrons. The van der Waals surface area contributed by atoms with Crippen LogP contribution in [-0.4, -0.2) is 33.9 Å². The first kappa shape index (κ1) is 17.2. The summed E-state index contributed by atoms with van der Waals surface area (Å²) in [6.07, 6.45) is 7.23. The number of amidine groups is 1. The Morgan fingerprint density at radius 1 is 1.04 bits per heavy atom. The minimum Gasteiger partial charge on any atom is -0.324 e. The molecule has 0 saturated carbocycles. The summed E-state index contributed by atoms with van der Waals surface area (Å²) in [5, 5.41) is 4.39. The fourth-order valence-electron chi connectivity index (χ4n) is 3.37. The third kappa shape index (κ3) is 2.91. The lowest BCUT2D eigenvalue weighted by atomic mass is 9.98. The molecule has 0 saturated heterocycles. The van der Waals surface area contributed by atoms with Gasteiger partial charge in [0.15, 0.2) is 0 Å². The van der Waals surface area contributed by atoms with Gasteiger partial charge in [0.1, 0.15) is 11.7 Å². The van der Waals surface area contributed by atoms with Gasteiger partial charge < -0.3 is 10.2 Å². The van der Waals surface area contributed by atoms with E-state index in [0.29, 0.717) is 22.5 Å². The molecule has 0 amide bonds. The highest BCUT2D eigenvalue weighted by atomic mass is 35.5. The van der Waals surface area contributed by atoms with Crippen LogP contribution in [0.2, 0.25) is 10.0 Å². The summed E-state index contributed by atoms with van der Waals surface area (Å²) in [5.41, 5.74) is 3.44. The fraction of sp³-hybridized carbons (Fsp3) is 0.100. The van der Waals surface area contributed by atoms with Gasteiger partial charge in [0.05, 0.1) is 16.6 Å². The van der Waals surface area contributed by atoms with E-state index >= 15 is 0 Å². The van der Waals surface area contributed by atoms with Gasteiger partial charge in [-0.3, -0.25) is 9.98 Å². The molecule has 2 aromatic heterocycles. The van der Waals surface area contributed by atoms with E-state index in [1.165, 1.54) is 0 Å². The summed E-state index contributed by atoms with van der Waals surface area (Å²) in [6.45, 7) is 1.43. The molecule has 138 valence electrons. The minimum atomic E-state index is 0.517. The molecular weight excluding hydrogens is 395 g/mol. The van der Waals surface area contributed by atoms with Crippen LogP contribution in [0.15, 0.2) is 53.9 Å². The predicted octanol–water partition coefficient (Wildman–Crippen LogP) is 4.69. The molecule has 0 fully saturated rings. The molecule has 0 bridgehead atoms. The number of rotatable bonds is 3. The van der Waals surface area contributed by atoms with Crippen molar-refractivity contribution in [1.29, 1.82) is 0 Å². The fourth-order valence-corrected chi connectivity index (χ4v) is 3.97. The Labute approximate surface area is 171 Å². The van der Waals surface area contributed by atoms with Crippen LogP contribution in [0, 0.1) is 0 Å². The molecule has 5 rings (SSSR count). The molecule has 4 heterocycles. The van der Waals surface area contributed by atoms with E-state index in [0.717, 1.165) is 40.6 Å². The molecule has 8 heteroatoms. The maximum Gasteiger partial charge on any atom is 0.229 e. The zero-order valence-electron chi connectivity index (χ0n) is 14.6. The van der Waals surface area contributed by atoms with E-state index in [9.17, 15) is 0 Å². The van der Waals surface area contributed by atoms with Gasteiger partial charge in [-0.25, -0.2) is 4.98 Å². The Hall–Kier alpha value is -2.96. The highest BCUT2D eigenvalue weighted by Gasteiger charge is 2.32. The number of nitrogens with zero attached hydrogens (tertiary/aromatic N) is 5. The topological polar surface area (TPSA) is 66.3 Å². The molecule has 0 spiro atoms. The third-order valence-corrected chi connectivity index (χ3v) is 5.23. The van der Waals surface area contributed by atoms with Crippen molar-refractivity contribution in [1.82, 2.24) is 15.0 Å². The van der Waals surface area contributed by atoms with E-state index in [2.05, 4.69) is 25.2 Å². The summed E-state index contributed by atoms with van der Waals surface area (Å²) in [7, 11) is 0. The van der Waals surface area contributed by atoms with E-state index in [4.69, 9.17) is 28.2 Å². The van der Waals surface area contributed by atoms with Gasteiger partial charge in [0.2, 0.25) is 5.95 Å². The number of aromatic nitrogens is 3. The normalized spacial score (nSPS) is 14.9. The SMILES string of the molecule is Clc1cccc(Cl)c1C1=Cc2cnc(Nc3ccncc3)nc2N2CCN=C12. The van der Waals surface area contributed by atoms with Crippen molar-refractivity contribution in [3.8, 4) is 0 Å².